The summed E-state index contributed by atoms with van der Waals surface area (Å²) >= 11 is 1.06. The molecule has 0 aliphatic rings. The van der Waals surface area contributed by atoms with Crippen molar-refractivity contribution in [2.45, 2.75) is 13.8 Å². The summed E-state index contributed by atoms with van der Waals surface area (Å²) in [5.41, 5.74) is 2.12. The summed E-state index contributed by atoms with van der Waals surface area (Å²) in [5, 5.41) is 8.36. The molecule has 0 atom stereocenters. The first-order chi connectivity index (χ1) is 14.4. The lowest BCUT2D eigenvalue weighted by Gasteiger charge is -2.09. The molecule has 0 aliphatic heterocycles. The van der Waals surface area contributed by atoms with Gasteiger partial charge in [-0.25, -0.2) is 9.78 Å². The lowest BCUT2D eigenvalue weighted by Crippen LogP contribution is -2.19. The normalized spacial score (nSPS) is 10.2. The van der Waals surface area contributed by atoms with E-state index in [0.29, 0.717) is 33.3 Å². The number of rotatable bonds is 6. The van der Waals surface area contributed by atoms with Gasteiger partial charge in [0.15, 0.2) is 10.9 Å². The molecule has 30 heavy (non-hydrogen) atoms. The average Bonchev–Trinajstić information content (AvgIpc) is 3.08. The Morgan fingerprint density at radius 2 is 1.67 bits per heavy atom. The van der Waals surface area contributed by atoms with Gasteiger partial charge in [-0.3, -0.25) is 14.9 Å². The van der Waals surface area contributed by atoms with Crippen molar-refractivity contribution in [3.05, 3.63) is 64.7 Å². The van der Waals surface area contributed by atoms with Crippen molar-refractivity contribution in [2.75, 3.05) is 23.1 Å². The summed E-state index contributed by atoms with van der Waals surface area (Å²) in [7, 11) is 1.52. The Bertz CT molecular complexity index is 1090. The van der Waals surface area contributed by atoms with Gasteiger partial charge in [0, 0.05) is 11.3 Å². The van der Waals surface area contributed by atoms with E-state index >= 15 is 0 Å². The number of aryl methyl sites for hydroxylation is 1. The largest absolute Gasteiger partial charge is 0.495 e. The van der Waals surface area contributed by atoms with Gasteiger partial charge in [0.05, 0.1) is 18.5 Å². The number of urea groups is 1. The second-order valence-electron chi connectivity index (χ2n) is 6.30. The monoisotopic (exact) mass is 424 g/mol. The van der Waals surface area contributed by atoms with Gasteiger partial charge in [0.2, 0.25) is 0 Å². The number of ether oxygens (including phenoxy) is 1. The first-order valence-electron chi connectivity index (χ1n) is 8.98. The standard InChI is InChI=1S/C21H20N4O4S/c1-12-18(19(27)23-15-10-8-14(9-11-15)13(2)26)30-21(22-12)25-20(28)24-16-6-4-5-7-17(16)29-3/h4-11H,1-3H3,(H,23,27)(H2,22,24,25,28). The van der Waals surface area contributed by atoms with Crippen molar-refractivity contribution >= 4 is 45.6 Å². The lowest BCUT2D eigenvalue weighted by atomic mass is 10.1. The fourth-order valence-corrected chi connectivity index (χ4v) is 3.49. The average molecular weight is 424 g/mol. The van der Waals surface area contributed by atoms with Crippen LogP contribution in [0, 0.1) is 6.92 Å². The molecular weight excluding hydrogens is 404 g/mol. The van der Waals surface area contributed by atoms with E-state index in [-0.39, 0.29) is 16.8 Å². The number of anilines is 3. The van der Waals surface area contributed by atoms with Gasteiger partial charge < -0.3 is 15.4 Å². The fraction of sp³-hybridized carbons (Fsp3) is 0.143. The van der Waals surface area contributed by atoms with Crippen LogP contribution in [0.1, 0.15) is 32.6 Å². The molecule has 3 amide bonds. The molecule has 3 rings (SSSR count). The molecule has 2 aromatic carbocycles. The van der Waals surface area contributed by atoms with Gasteiger partial charge in [-0.05, 0) is 50.2 Å². The first-order valence-corrected chi connectivity index (χ1v) is 9.80. The zero-order valence-corrected chi connectivity index (χ0v) is 17.4. The number of methoxy groups -OCH3 is 1. The zero-order valence-electron chi connectivity index (χ0n) is 16.6. The minimum absolute atomic E-state index is 0.0479. The number of nitrogens with zero attached hydrogens (tertiary/aromatic N) is 1. The number of carbonyl (C=O) groups excluding carboxylic acids is 3. The third kappa shape index (κ3) is 5.00. The van der Waals surface area contributed by atoms with Crippen molar-refractivity contribution < 1.29 is 19.1 Å². The van der Waals surface area contributed by atoms with Crippen LogP contribution in [-0.4, -0.2) is 29.8 Å². The van der Waals surface area contributed by atoms with Gasteiger partial charge in [-0.2, -0.15) is 0 Å². The van der Waals surface area contributed by atoms with Gasteiger partial charge in [-0.15, -0.1) is 0 Å². The Balaban J connectivity index is 1.66. The summed E-state index contributed by atoms with van der Waals surface area (Å²) in [5.74, 6) is 0.130. The van der Waals surface area contributed by atoms with E-state index in [0.717, 1.165) is 11.3 Å². The minimum Gasteiger partial charge on any atom is -0.495 e. The number of para-hydroxylation sites is 2. The second kappa shape index (κ2) is 9.19. The van der Waals surface area contributed by atoms with Crippen LogP contribution in [0.5, 0.6) is 5.75 Å². The van der Waals surface area contributed by atoms with Crippen LogP contribution in [0.4, 0.5) is 21.3 Å². The Morgan fingerprint density at radius 3 is 2.33 bits per heavy atom. The number of Topliss-reactive ketones (excluding diaryl/α,β-unsaturated/α-hetero) is 1. The third-order valence-corrected chi connectivity index (χ3v) is 5.20. The predicted molar refractivity (Wildman–Crippen MR) is 117 cm³/mol. The van der Waals surface area contributed by atoms with E-state index in [1.807, 2.05) is 0 Å². The number of carbonyl (C=O) groups is 3. The smallest absolute Gasteiger partial charge is 0.325 e. The highest BCUT2D eigenvalue weighted by Gasteiger charge is 2.17. The third-order valence-electron chi connectivity index (χ3n) is 4.13. The van der Waals surface area contributed by atoms with E-state index < -0.39 is 6.03 Å². The molecule has 8 nitrogen and oxygen atoms in total. The predicted octanol–water partition coefficient (Wildman–Crippen LogP) is 4.56. The van der Waals surface area contributed by atoms with E-state index in [4.69, 9.17) is 4.74 Å². The first kappa shape index (κ1) is 21.0. The van der Waals surface area contributed by atoms with Crippen LogP contribution in [0.25, 0.3) is 0 Å². The summed E-state index contributed by atoms with van der Waals surface area (Å²) < 4.78 is 5.20. The molecule has 3 N–H and O–H groups in total. The van der Waals surface area contributed by atoms with Crippen molar-refractivity contribution in [3.8, 4) is 5.75 Å². The highest BCUT2D eigenvalue weighted by molar-refractivity contribution is 7.17. The van der Waals surface area contributed by atoms with Crippen molar-refractivity contribution in [3.63, 3.8) is 0 Å². The topological polar surface area (TPSA) is 109 Å². The number of benzene rings is 2. The molecule has 154 valence electrons. The Hall–Kier alpha value is -3.72. The molecule has 0 fully saturated rings. The minimum atomic E-state index is -0.500. The van der Waals surface area contributed by atoms with Crippen LogP contribution < -0.4 is 20.7 Å². The molecule has 0 spiro atoms. The maximum absolute atomic E-state index is 12.6. The molecule has 0 aliphatic carbocycles. The molecule has 0 saturated carbocycles. The van der Waals surface area contributed by atoms with E-state index in [9.17, 15) is 14.4 Å². The van der Waals surface area contributed by atoms with E-state index in [1.54, 1.807) is 55.5 Å². The van der Waals surface area contributed by atoms with Crippen molar-refractivity contribution in [2.24, 2.45) is 0 Å². The Morgan fingerprint density at radius 1 is 0.967 bits per heavy atom. The summed E-state index contributed by atoms with van der Waals surface area (Å²) in [6, 6.07) is 13.1. The number of nitrogens with one attached hydrogen (secondary N) is 3. The summed E-state index contributed by atoms with van der Waals surface area (Å²) in [4.78, 5) is 40.8. The number of hydrogen-bond donors (Lipinski definition) is 3. The highest BCUT2D eigenvalue weighted by atomic mass is 32.1. The number of hydrogen-bond acceptors (Lipinski definition) is 6. The maximum atomic E-state index is 12.6. The van der Waals surface area contributed by atoms with Crippen LogP contribution in [-0.2, 0) is 0 Å². The summed E-state index contributed by atoms with van der Waals surface area (Å²) in [6.45, 7) is 3.17. The summed E-state index contributed by atoms with van der Waals surface area (Å²) in [6.07, 6.45) is 0. The molecule has 1 heterocycles. The van der Waals surface area contributed by atoms with Crippen molar-refractivity contribution in [1.29, 1.82) is 0 Å². The van der Waals surface area contributed by atoms with Gasteiger partial charge in [0.1, 0.15) is 10.6 Å². The van der Waals surface area contributed by atoms with E-state index in [1.165, 1.54) is 14.0 Å². The zero-order chi connectivity index (χ0) is 21.7. The van der Waals surface area contributed by atoms with Crippen LogP contribution in [0.2, 0.25) is 0 Å². The molecule has 3 aromatic rings. The van der Waals surface area contributed by atoms with E-state index in [2.05, 4.69) is 20.9 Å². The van der Waals surface area contributed by atoms with Gasteiger partial charge in [-0.1, -0.05) is 23.5 Å². The quantitative estimate of drug-likeness (QED) is 0.503. The number of thiazole rings is 1. The fourth-order valence-electron chi connectivity index (χ4n) is 2.64. The Kier molecular flexibility index (Phi) is 6.43. The highest BCUT2D eigenvalue weighted by Crippen LogP contribution is 2.26. The van der Waals surface area contributed by atoms with Gasteiger partial charge >= 0.3 is 6.03 Å². The van der Waals surface area contributed by atoms with Crippen LogP contribution in [0.3, 0.4) is 0 Å². The SMILES string of the molecule is COc1ccccc1NC(=O)Nc1nc(C)c(C(=O)Nc2ccc(C(C)=O)cc2)s1. The molecule has 0 saturated heterocycles. The number of aromatic nitrogens is 1. The van der Waals surface area contributed by atoms with Crippen LogP contribution in [0.15, 0.2) is 48.5 Å². The Labute approximate surface area is 177 Å². The van der Waals surface area contributed by atoms with Crippen molar-refractivity contribution in [1.82, 2.24) is 4.98 Å². The lowest BCUT2D eigenvalue weighted by molar-refractivity contribution is 0.101. The van der Waals surface area contributed by atoms with Gasteiger partial charge in [0.25, 0.3) is 5.91 Å². The van der Waals surface area contributed by atoms with Crippen LogP contribution >= 0.6 is 11.3 Å². The second-order valence-corrected chi connectivity index (χ2v) is 7.30. The molecular formula is C21H20N4O4S. The number of amides is 3. The molecule has 1 aromatic heterocycles. The maximum Gasteiger partial charge on any atom is 0.325 e. The molecule has 0 bridgehead atoms. The molecule has 0 radical (unpaired) electrons. The molecule has 9 heteroatoms. The number of ketones is 1. The molecule has 0 unspecified atom stereocenters.